The summed E-state index contributed by atoms with van der Waals surface area (Å²) in [6.07, 6.45) is -4.97. The molecular weight excluding hydrogens is 227 g/mol. The van der Waals surface area contributed by atoms with E-state index in [-0.39, 0.29) is 0 Å². The SMILES string of the molecule is C[C@H]1OC(O)[C@H](OC(=O)c2ccccc2)[C@@H]1F. The summed E-state index contributed by atoms with van der Waals surface area (Å²) in [6.45, 7) is 1.48. The summed E-state index contributed by atoms with van der Waals surface area (Å²) in [6, 6.07) is 8.22. The Morgan fingerprint density at radius 3 is 2.59 bits per heavy atom. The third-order valence-electron chi connectivity index (χ3n) is 2.65. The van der Waals surface area contributed by atoms with E-state index < -0.39 is 30.6 Å². The summed E-state index contributed by atoms with van der Waals surface area (Å²) in [4.78, 5) is 11.6. The summed E-state index contributed by atoms with van der Waals surface area (Å²) in [5.74, 6) is -0.671. The number of alkyl halides is 1. The molecule has 1 fully saturated rings. The van der Waals surface area contributed by atoms with Gasteiger partial charge in [-0.2, -0.15) is 0 Å². The standard InChI is InChI=1S/C12H13FO4/c1-7-9(13)10(12(15)16-7)17-11(14)8-5-3-2-4-6-8/h2-7,9-10,12,15H,1H3/t7-,9-,10-,12?/m1/s1. The van der Waals surface area contributed by atoms with Crippen LogP contribution in [-0.2, 0) is 9.47 Å². The summed E-state index contributed by atoms with van der Waals surface area (Å²) >= 11 is 0. The molecule has 2 rings (SSSR count). The normalized spacial score (nSPS) is 32.4. The highest BCUT2D eigenvalue weighted by atomic mass is 19.1. The minimum Gasteiger partial charge on any atom is -0.450 e. The predicted molar refractivity (Wildman–Crippen MR) is 57.1 cm³/mol. The number of ether oxygens (including phenoxy) is 2. The molecule has 1 N–H and O–H groups in total. The maximum Gasteiger partial charge on any atom is 0.338 e. The molecule has 0 amide bonds. The second-order valence-corrected chi connectivity index (χ2v) is 3.91. The zero-order valence-electron chi connectivity index (χ0n) is 9.25. The van der Waals surface area contributed by atoms with Crippen molar-refractivity contribution in [2.75, 3.05) is 0 Å². The van der Waals surface area contributed by atoms with E-state index in [1.54, 1.807) is 30.3 Å². The lowest BCUT2D eigenvalue weighted by molar-refractivity contribution is -0.127. The number of aliphatic hydroxyl groups excluding tert-OH is 1. The van der Waals surface area contributed by atoms with E-state index in [4.69, 9.17) is 9.47 Å². The van der Waals surface area contributed by atoms with Gasteiger partial charge in [0.25, 0.3) is 0 Å². The maximum atomic E-state index is 13.5. The van der Waals surface area contributed by atoms with Crippen LogP contribution in [0.3, 0.4) is 0 Å². The lowest BCUT2D eigenvalue weighted by Crippen LogP contribution is -2.34. The second kappa shape index (κ2) is 4.81. The first kappa shape index (κ1) is 12.0. The van der Waals surface area contributed by atoms with Crippen molar-refractivity contribution in [1.29, 1.82) is 0 Å². The monoisotopic (exact) mass is 240 g/mol. The molecular formula is C12H13FO4. The largest absolute Gasteiger partial charge is 0.450 e. The molecule has 0 aromatic heterocycles. The predicted octanol–water partition coefficient (Wildman–Crippen LogP) is 1.29. The van der Waals surface area contributed by atoms with Gasteiger partial charge in [0, 0.05) is 0 Å². The summed E-state index contributed by atoms with van der Waals surface area (Å²) in [5.41, 5.74) is 0.312. The van der Waals surface area contributed by atoms with Gasteiger partial charge in [-0.05, 0) is 19.1 Å². The molecule has 4 nitrogen and oxygen atoms in total. The first-order valence-electron chi connectivity index (χ1n) is 5.33. The van der Waals surface area contributed by atoms with Crippen molar-refractivity contribution in [1.82, 2.24) is 0 Å². The first-order chi connectivity index (χ1) is 8.09. The summed E-state index contributed by atoms with van der Waals surface area (Å²) in [7, 11) is 0. The van der Waals surface area contributed by atoms with E-state index in [1.165, 1.54) is 6.92 Å². The van der Waals surface area contributed by atoms with Gasteiger partial charge in [-0.3, -0.25) is 0 Å². The number of hydrogen-bond acceptors (Lipinski definition) is 4. The minimum atomic E-state index is -1.52. The quantitative estimate of drug-likeness (QED) is 0.791. The average Bonchev–Trinajstić information content (AvgIpc) is 2.57. The number of hydrogen-bond donors (Lipinski definition) is 1. The van der Waals surface area contributed by atoms with Gasteiger partial charge in [-0.25, -0.2) is 9.18 Å². The Kier molecular flexibility index (Phi) is 3.40. The molecule has 0 bridgehead atoms. The second-order valence-electron chi connectivity index (χ2n) is 3.91. The van der Waals surface area contributed by atoms with Crippen molar-refractivity contribution < 1.29 is 23.8 Å². The van der Waals surface area contributed by atoms with Gasteiger partial charge in [0.05, 0.1) is 11.7 Å². The van der Waals surface area contributed by atoms with Crippen LogP contribution in [0.4, 0.5) is 4.39 Å². The average molecular weight is 240 g/mol. The molecule has 0 aliphatic carbocycles. The van der Waals surface area contributed by atoms with Gasteiger partial charge < -0.3 is 14.6 Å². The molecule has 0 radical (unpaired) electrons. The van der Waals surface area contributed by atoms with Crippen LogP contribution in [0.5, 0.6) is 0 Å². The molecule has 0 spiro atoms. The van der Waals surface area contributed by atoms with Gasteiger partial charge in [0.1, 0.15) is 0 Å². The van der Waals surface area contributed by atoms with Crippen LogP contribution in [0.25, 0.3) is 0 Å². The number of esters is 1. The van der Waals surface area contributed by atoms with Crippen molar-refractivity contribution >= 4 is 5.97 Å². The number of benzene rings is 1. The number of rotatable bonds is 2. The van der Waals surface area contributed by atoms with E-state index in [2.05, 4.69) is 0 Å². The topological polar surface area (TPSA) is 55.8 Å². The van der Waals surface area contributed by atoms with Crippen molar-refractivity contribution in [3.05, 3.63) is 35.9 Å². The molecule has 0 saturated carbocycles. The van der Waals surface area contributed by atoms with E-state index in [9.17, 15) is 14.3 Å². The zero-order chi connectivity index (χ0) is 12.4. The van der Waals surface area contributed by atoms with Gasteiger partial charge in [-0.1, -0.05) is 18.2 Å². The molecule has 1 aliphatic rings. The fraction of sp³-hybridized carbons (Fsp3) is 0.417. The van der Waals surface area contributed by atoms with Crippen molar-refractivity contribution in [3.63, 3.8) is 0 Å². The van der Waals surface area contributed by atoms with Gasteiger partial charge >= 0.3 is 5.97 Å². The highest BCUT2D eigenvalue weighted by Gasteiger charge is 2.44. The summed E-state index contributed by atoms with van der Waals surface area (Å²) < 4.78 is 23.3. The Hall–Kier alpha value is -1.46. The Balaban J connectivity index is 2.04. The Morgan fingerprint density at radius 2 is 2.06 bits per heavy atom. The van der Waals surface area contributed by atoms with Crippen LogP contribution in [0, 0.1) is 0 Å². The molecule has 1 aromatic rings. The minimum absolute atomic E-state index is 0.312. The van der Waals surface area contributed by atoms with Crippen LogP contribution in [-0.4, -0.2) is 35.7 Å². The number of halogens is 1. The van der Waals surface area contributed by atoms with Crippen LogP contribution in [0.2, 0.25) is 0 Å². The molecule has 1 saturated heterocycles. The highest BCUT2D eigenvalue weighted by Crippen LogP contribution is 2.25. The van der Waals surface area contributed by atoms with Crippen LogP contribution < -0.4 is 0 Å². The van der Waals surface area contributed by atoms with Crippen molar-refractivity contribution in [2.24, 2.45) is 0 Å². The molecule has 1 aliphatic heterocycles. The van der Waals surface area contributed by atoms with Crippen LogP contribution in [0.1, 0.15) is 17.3 Å². The van der Waals surface area contributed by atoms with E-state index in [0.717, 1.165) is 0 Å². The van der Waals surface area contributed by atoms with Crippen molar-refractivity contribution in [2.45, 2.75) is 31.6 Å². The fourth-order valence-electron chi connectivity index (χ4n) is 1.69. The smallest absolute Gasteiger partial charge is 0.338 e. The fourth-order valence-corrected chi connectivity index (χ4v) is 1.69. The molecule has 4 atom stereocenters. The third kappa shape index (κ3) is 2.45. The van der Waals surface area contributed by atoms with E-state index >= 15 is 0 Å². The van der Waals surface area contributed by atoms with Crippen LogP contribution >= 0.6 is 0 Å². The lowest BCUT2D eigenvalue weighted by atomic mass is 10.2. The first-order valence-corrected chi connectivity index (χ1v) is 5.33. The third-order valence-corrected chi connectivity index (χ3v) is 2.65. The van der Waals surface area contributed by atoms with Gasteiger partial charge in [0.2, 0.25) is 0 Å². The molecule has 1 heterocycles. The molecule has 1 unspecified atom stereocenters. The Bertz CT molecular complexity index is 395. The molecule has 5 heteroatoms. The maximum absolute atomic E-state index is 13.5. The molecule has 92 valence electrons. The molecule has 17 heavy (non-hydrogen) atoms. The Labute approximate surface area is 98.0 Å². The number of carbonyl (C=O) groups is 1. The Morgan fingerprint density at radius 1 is 1.41 bits per heavy atom. The van der Waals surface area contributed by atoms with E-state index in [0.29, 0.717) is 5.56 Å². The van der Waals surface area contributed by atoms with Gasteiger partial charge in [-0.15, -0.1) is 0 Å². The lowest BCUT2D eigenvalue weighted by Gasteiger charge is -2.15. The molecule has 1 aromatic carbocycles. The van der Waals surface area contributed by atoms with Crippen LogP contribution in [0.15, 0.2) is 30.3 Å². The number of aliphatic hydroxyl groups is 1. The summed E-state index contributed by atoms with van der Waals surface area (Å²) in [5, 5.41) is 9.39. The number of carbonyl (C=O) groups excluding carboxylic acids is 1. The highest BCUT2D eigenvalue weighted by molar-refractivity contribution is 5.89. The zero-order valence-corrected chi connectivity index (χ0v) is 9.25. The van der Waals surface area contributed by atoms with Crippen molar-refractivity contribution in [3.8, 4) is 0 Å². The van der Waals surface area contributed by atoms with Gasteiger partial charge in [0.15, 0.2) is 18.6 Å². The van der Waals surface area contributed by atoms with E-state index in [1.807, 2.05) is 0 Å².